The lowest BCUT2D eigenvalue weighted by atomic mass is 9.58. The largest absolute Gasteiger partial charge is 0.393 e. The summed E-state index contributed by atoms with van der Waals surface area (Å²) >= 11 is 0. The van der Waals surface area contributed by atoms with Gasteiger partial charge in [-0.05, 0) is 87.0 Å². The molecule has 0 aromatic carbocycles. The number of fused-ring (bicyclic) bond motifs is 1. The lowest BCUT2D eigenvalue weighted by Gasteiger charge is -2.47. The fraction of sp³-hybridized carbons (Fsp3) is 0.773. The second kappa shape index (κ2) is 6.78. The van der Waals surface area contributed by atoms with Crippen molar-refractivity contribution in [2.45, 2.75) is 78.2 Å². The Morgan fingerprint density at radius 3 is 2.83 bits per heavy atom. The van der Waals surface area contributed by atoms with Gasteiger partial charge in [0, 0.05) is 6.42 Å². The summed E-state index contributed by atoms with van der Waals surface area (Å²) in [7, 11) is 0. The minimum Gasteiger partial charge on any atom is -0.393 e. The third kappa shape index (κ3) is 3.27. The smallest absolute Gasteiger partial charge is 0.155 e. The maximum Gasteiger partial charge on any atom is 0.155 e. The second-order valence-electron chi connectivity index (χ2n) is 9.11. The van der Waals surface area contributed by atoms with Gasteiger partial charge in [-0.1, -0.05) is 31.6 Å². The van der Waals surface area contributed by atoms with Crippen molar-refractivity contribution in [3.63, 3.8) is 0 Å². The van der Waals surface area contributed by atoms with Gasteiger partial charge in [0.15, 0.2) is 5.78 Å². The van der Waals surface area contributed by atoms with E-state index >= 15 is 0 Å². The zero-order chi connectivity index (χ0) is 17.5. The summed E-state index contributed by atoms with van der Waals surface area (Å²) in [5.74, 6) is 2.72. The SMILES string of the molecule is C=C(C)C1CCC2C(CCC3=CC(=O)CCC3C)CC(O)CC12C. The number of ketones is 1. The number of allylic oxidation sites excluding steroid dienone is 3. The molecular weight excluding hydrogens is 296 g/mol. The molecule has 0 spiro atoms. The minimum absolute atomic E-state index is 0.171. The van der Waals surface area contributed by atoms with Crippen molar-refractivity contribution >= 4 is 5.78 Å². The Morgan fingerprint density at radius 1 is 1.38 bits per heavy atom. The first-order valence-corrected chi connectivity index (χ1v) is 9.88. The first kappa shape index (κ1) is 17.9. The fourth-order valence-electron chi connectivity index (χ4n) is 6.20. The molecule has 3 aliphatic rings. The third-order valence-corrected chi connectivity index (χ3v) is 7.43. The van der Waals surface area contributed by atoms with Gasteiger partial charge in [-0.15, -0.1) is 0 Å². The Kier molecular flexibility index (Phi) is 5.06. The molecule has 0 saturated heterocycles. The topological polar surface area (TPSA) is 37.3 Å². The Hall–Kier alpha value is -0.890. The van der Waals surface area contributed by atoms with Gasteiger partial charge in [0.25, 0.3) is 0 Å². The van der Waals surface area contributed by atoms with Crippen molar-refractivity contribution in [1.29, 1.82) is 0 Å². The van der Waals surface area contributed by atoms with E-state index in [2.05, 4.69) is 27.4 Å². The molecule has 6 unspecified atom stereocenters. The summed E-state index contributed by atoms with van der Waals surface area (Å²) in [6.07, 6.45) is 10.0. The average Bonchev–Trinajstić information content (AvgIpc) is 2.84. The van der Waals surface area contributed by atoms with Gasteiger partial charge in [-0.3, -0.25) is 4.79 Å². The molecule has 2 saturated carbocycles. The van der Waals surface area contributed by atoms with Crippen molar-refractivity contribution in [2.24, 2.45) is 29.1 Å². The lowest BCUT2D eigenvalue weighted by molar-refractivity contribution is -0.115. The normalized spacial score (nSPS) is 42.6. The molecule has 6 atom stereocenters. The van der Waals surface area contributed by atoms with Crippen LogP contribution < -0.4 is 0 Å². The second-order valence-corrected chi connectivity index (χ2v) is 9.11. The van der Waals surface area contributed by atoms with E-state index in [1.165, 1.54) is 24.0 Å². The van der Waals surface area contributed by atoms with Crippen LogP contribution in [0.2, 0.25) is 0 Å². The van der Waals surface area contributed by atoms with Gasteiger partial charge >= 0.3 is 0 Å². The molecule has 134 valence electrons. The van der Waals surface area contributed by atoms with Gasteiger partial charge in [0.05, 0.1) is 6.10 Å². The molecule has 2 fully saturated rings. The Morgan fingerprint density at radius 2 is 2.12 bits per heavy atom. The number of rotatable bonds is 4. The van der Waals surface area contributed by atoms with Gasteiger partial charge in [-0.2, -0.15) is 0 Å². The van der Waals surface area contributed by atoms with Crippen LogP contribution in [0.4, 0.5) is 0 Å². The minimum atomic E-state index is -0.171. The van der Waals surface area contributed by atoms with Crippen LogP contribution in [0.25, 0.3) is 0 Å². The van der Waals surface area contributed by atoms with Crippen molar-refractivity contribution in [3.05, 3.63) is 23.8 Å². The molecule has 0 heterocycles. The molecule has 0 amide bonds. The standard InChI is InChI=1S/C22H34O2/c1-14(2)20-9-10-21-17(12-19(24)13-22(20,21)4)7-6-16-11-18(23)8-5-15(16)3/h11,15,17,19-21,24H,1,5-10,12-13H2,2-4H3. The molecule has 2 heteroatoms. The average molecular weight is 331 g/mol. The Bertz CT molecular complexity index is 546. The monoisotopic (exact) mass is 330 g/mol. The van der Waals surface area contributed by atoms with E-state index in [1.807, 2.05) is 6.08 Å². The Labute approximate surface area is 147 Å². The first-order valence-electron chi connectivity index (χ1n) is 9.88. The predicted octanol–water partition coefficient (Wildman–Crippen LogP) is 5.07. The van der Waals surface area contributed by atoms with E-state index in [9.17, 15) is 9.90 Å². The molecule has 0 aromatic heterocycles. The highest BCUT2D eigenvalue weighted by Gasteiger charge is 2.53. The van der Waals surface area contributed by atoms with Crippen LogP contribution in [-0.2, 0) is 4.79 Å². The molecular formula is C22H34O2. The molecule has 2 nitrogen and oxygen atoms in total. The summed E-state index contributed by atoms with van der Waals surface area (Å²) in [4.78, 5) is 11.7. The van der Waals surface area contributed by atoms with Crippen LogP contribution >= 0.6 is 0 Å². The van der Waals surface area contributed by atoms with Crippen LogP contribution in [0.15, 0.2) is 23.8 Å². The number of carbonyl (C=O) groups is 1. The van der Waals surface area contributed by atoms with Crippen LogP contribution in [-0.4, -0.2) is 17.0 Å². The summed E-state index contributed by atoms with van der Waals surface area (Å²) in [6, 6.07) is 0. The molecule has 0 bridgehead atoms. The van der Waals surface area contributed by atoms with Crippen molar-refractivity contribution in [1.82, 2.24) is 0 Å². The zero-order valence-corrected chi connectivity index (χ0v) is 15.7. The Balaban J connectivity index is 1.72. The quantitative estimate of drug-likeness (QED) is 0.731. The molecule has 0 aliphatic heterocycles. The molecule has 0 aromatic rings. The number of carbonyl (C=O) groups excluding carboxylic acids is 1. The van der Waals surface area contributed by atoms with Gasteiger partial charge in [0.1, 0.15) is 0 Å². The summed E-state index contributed by atoms with van der Waals surface area (Å²) in [6.45, 7) is 11.0. The summed E-state index contributed by atoms with van der Waals surface area (Å²) in [5, 5.41) is 10.5. The first-order chi connectivity index (χ1) is 11.3. The van der Waals surface area contributed by atoms with E-state index in [-0.39, 0.29) is 11.5 Å². The van der Waals surface area contributed by atoms with E-state index in [1.54, 1.807) is 0 Å². The van der Waals surface area contributed by atoms with E-state index < -0.39 is 0 Å². The summed E-state index contributed by atoms with van der Waals surface area (Å²) in [5.41, 5.74) is 2.86. The van der Waals surface area contributed by atoms with Gasteiger partial charge < -0.3 is 5.11 Å². The molecule has 3 aliphatic carbocycles. The number of hydrogen-bond donors (Lipinski definition) is 1. The lowest BCUT2D eigenvalue weighted by Crippen LogP contribution is -2.43. The van der Waals surface area contributed by atoms with Crippen LogP contribution in [0.3, 0.4) is 0 Å². The fourth-order valence-corrected chi connectivity index (χ4v) is 6.20. The van der Waals surface area contributed by atoms with Gasteiger partial charge in [0.2, 0.25) is 0 Å². The van der Waals surface area contributed by atoms with Crippen molar-refractivity contribution in [3.8, 4) is 0 Å². The highest BCUT2D eigenvalue weighted by atomic mass is 16.3. The van der Waals surface area contributed by atoms with Gasteiger partial charge in [-0.25, -0.2) is 0 Å². The van der Waals surface area contributed by atoms with E-state index in [0.29, 0.717) is 35.9 Å². The zero-order valence-electron chi connectivity index (χ0n) is 15.7. The molecule has 0 radical (unpaired) electrons. The molecule has 24 heavy (non-hydrogen) atoms. The van der Waals surface area contributed by atoms with Crippen LogP contribution in [0, 0.1) is 29.1 Å². The van der Waals surface area contributed by atoms with E-state index in [0.717, 1.165) is 32.1 Å². The maximum atomic E-state index is 11.7. The van der Waals surface area contributed by atoms with Crippen LogP contribution in [0.1, 0.15) is 72.1 Å². The molecule has 1 N–H and O–H groups in total. The van der Waals surface area contributed by atoms with E-state index in [4.69, 9.17) is 0 Å². The maximum absolute atomic E-state index is 11.7. The highest BCUT2D eigenvalue weighted by molar-refractivity contribution is 5.91. The number of aliphatic hydroxyl groups is 1. The van der Waals surface area contributed by atoms with Crippen molar-refractivity contribution < 1.29 is 9.90 Å². The molecule has 3 rings (SSSR count). The van der Waals surface area contributed by atoms with Crippen molar-refractivity contribution in [2.75, 3.05) is 0 Å². The summed E-state index contributed by atoms with van der Waals surface area (Å²) < 4.78 is 0. The number of hydrogen-bond acceptors (Lipinski definition) is 2. The highest BCUT2D eigenvalue weighted by Crippen LogP contribution is 2.60. The van der Waals surface area contributed by atoms with Crippen LogP contribution in [0.5, 0.6) is 0 Å². The third-order valence-electron chi connectivity index (χ3n) is 7.43. The predicted molar refractivity (Wildman–Crippen MR) is 98.6 cm³/mol. The number of aliphatic hydroxyl groups excluding tert-OH is 1.